The van der Waals surface area contributed by atoms with Crippen LogP contribution < -0.4 is 10.6 Å². The van der Waals surface area contributed by atoms with Crippen molar-refractivity contribution in [2.75, 3.05) is 11.9 Å². The van der Waals surface area contributed by atoms with Crippen molar-refractivity contribution in [3.05, 3.63) is 59.9 Å². The van der Waals surface area contributed by atoms with Crippen LogP contribution >= 0.6 is 0 Å². The molecule has 0 saturated heterocycles. The number of nitrogens with one attached hydrogen (secondary N) is 3. The number of aromatic amines is 1. The number of fused-ring (bicyclic) bond motifs is 1. The van der Waals surface area contributed by atoms with Crippen LogP contribution in [0.3, 0.4) is 0 Å². The van der Waals surface area contributed by atoms with Crippen LogP contribution in [0.25, 0.3) is 0 Å². The van der Waals surface area contributed by atoms with E-state index >= 15 is 0 Å². The third kappa shape index (κ3) is 3.22. The summed E-state index contributed by atoms with van der Waals surface area (Å²) in [5, 5.41) is 20.8. The van der Waals surface area contributed by atoms with Gasteiger partial charge in [0.2, 0.25) is 5.79 Å². The van der Waals surface area contributed by atoms with Gasteiger partial charge < -0.3 is 5.32 Å². The minimum absolute atomic E-state index is 0.725. The molecule has 1 aliphatic rings. The van der Waals surface area contributed by atoms with E-state index in [1.54, 1.807) is 24.8 Å². The quantitative estimate of drug-likeness (QED) is 0.572. The van der Waals surface area contributed by atoms with Crippen LogP contribution in [0.5, 0.6) is 0 Å². The van der Waals surface area contributed by atoms with Gasteiger partial charge in [-0.1, -0.05) is 0 Å². The predicted molar refractivity (Wildman–Crippen MR) is 91.9 cm³/mol. The molecule has 9 heteroatoms. The summed E-state index contributed by atoms with van der Waals surface area (Å²) < 4.78 is 0. The molecular formula is C16H17N9. The number of tetrazole rings is 1. The maximum absolute atomic E-state index is 4.76. The number of aryl methyl sites for hydroxylation is 1. The van der Waals surface area contributed by atoms with Crippen molar-refractivity contribution in [2.45, 2.75) is 18.6 Å². The van der Waals surface area contributed by atoms with E-state index < -0.39 is 5.79 Å². The Morgan fingerprint density at radius 2 is 1.96 bits per heavy atom. The van der Waals surface area contributed by atoms with Gasteiger partial charge in [0.15, 0.2) is 0 Å². The lowest BCUT2D eigenvalue weighted by molar-refractivity contribution is 0.392. The first-order chi connectivity index (χ1) is 12.4. The summed E-state index contributed by atoms with van der Waals surface area (Å²) in [4.78, 5) is 13.1. The standard InChI is InChI=1S/C16H17N9/c1(2-15-22-24-25-23-15)6-19-16(13-4-8-17-9-5-13)20-10-12-3-7-18-11-14(12)21-16/h3-5,7-11,19,21H,1-2,6H2,(H,22,23,24,25). The number of hydrogen-bond acceptors (Lipinski definition) is 8. The summed E-state index contributed by atoms with van der Waals surface area (Å²) in [6.07, 6.45) is 10.6. The SMILES string of the molecule is C1=NC(NCCCc2nnn[nH]2)(c2ccncc2)Nc2cnccc21. The van der Waals surface area contributed by atoms with Gasteiger partial charge in [0.05, 0.1) is 11.9 Å². The van der Waals surface area contributed by atoms with Crippen LogP contribution in [-0.4, -0.2) is 43.4 Å². The summed E-state index contributed by atoms with van der Waals surface area (Å²) in [6.45, 7) is 0.725. The van der Waals surface area contributed by atoms with Crippen LogP contribution in [0.1, 0.15) is 23.4 Å². The van der Waals surface area contributed by atoms with Gasteiger partial charge in [-0.05, 0) is 41.6 Å². The molecule has 1 aliphatic heterocycles. The van der Waals surface area contributed by atoms with Crippen molar-refractivity contribution in [3.63, 3.8) is 0 Å². The Hall–Kier alpha value is -3.20. The van der Waals surface area contributed by atoms with Crippen LogP contribution in [0.2, 0.25) is 0 Å². The zero-order valence-electron chi connectivity index (χ0n) is 13.4. The number of hydrogen-bond donors (Lipinski definition) is 3. The van der Waals surface area contributed by atoms with Gasteiger partial charge >= 0.3 is 0 Å². The van der Waals surface area contributed by atoms with E-state index in [0.717, 1.165) is 42.0 Å². The molecule has 0 radical (unpaired) electrons. The average Bonchev–Trinajstić information content (AvgIpc) is 3.19. The Balaban J connectivity index is 1.53. The number of rotatable bonds is 6. The average molecular weight is 335 g/mol. The lowest BCUT2D eigenvalue weighted by Gasteiger charge is -2.36. The van der Waals surface area contributed by atoms with Crippen LogP contribution in [0.4, 0.5) is 5.69 Å². The lowest BCUT2D eigenvalue weighted by Crippen LogP contribution is -2.49. The van der Waals surface area contributed by atoms with E-state index in [0.29, 0.717) is 0 Å². The Morgan fingerprint density at radius 1 is 1.08 bits per heavy atom. The normalized spacial score (nSPS) is 18.6. The molecule has 126 valence electrons. The van der Waals surface area contributed by atoms with E-state index in [1.165, 1.54) is 0 Å². The molecule has 0 bridgehead atoms. The molecule has 0 aliphatic carbocycles. The fourth-order valence-electron chi connectivity index (χ4n) is 2.76. The Bertz CT molecular complexity index is 847. The van der Waals surface area contributed by atoms with Crippen molar-refractivity contribution in [1.82, 2.24) is 35.9 Å². The van der Waals surface area contributed by atoms with Crippen LogP contribution in [0, 0.1) is 0 Å². The molecule has 4 rings (SSSR count). The summed E-state index contributed by atoms with van der Waals surface area (Å²) >= 11 is 0. The molecule has 3 N–H and O–H groups in total. The lowest BCUT2D eigenvalue weighted by atomic mass is 10.1. The zero-order chi connectivity index (χ0) is 17.0. The molecular weight excluding hydrogens is 318 g/mol. The number of aliphatic imine (C=N–C) groups is 1. The number of nitrogens with zero attached hydrogens (tertiary/aromatic N) is 6. The Morgan fingerprint density at radius 3 is 2.80 bits per heavy atom. The molecule has 0 saturated carbocycles. The van der Waals surface area contributed by atoms with Crippen LogP contribution in [-0.2, 0) is 12.2 Å². The number of anilines is 1. The monoisotopic (exact) mass is 335 g/mol. The third-order valence-electron chi connectivity index (χ3n) is 4.03. The predicted octanol–water partition coefficient (Wildman–Crippen LogP) is 0.867. The Labute approximate surface area is 144 Å². The number of H-pyrrole nitrogens is 1. The van der Waals surface area contributed by atoms with E-state index in [-0.39, 0.29) is 0 Å². The van der Waals surface area contributed by atoms with E-state index in [2.05, 4.69) is 41.2 Å². The highest BCUT2D eigenvalue weighted by Crippen LogP contribution is 2.30. The van der Waals surface area contributed by atoms with Gasteiger partial charge in [0, 0.05) is 42.4 Å². The van der Waals surface area contributed by atoms with Gasteiger partial charge in [-0.3, -0.25) is 15.3 Å². The molecule has 0 spiro atoms. The first kappa shape index (κ1) is 15.3. The van der Waals surface area contributed by atoms with Gasteiger partial charge in [-0.2, -0.15) is 0 Å². The molecule has 0 aromatic carbocycles. The van der Waals surface area contributed by atoms with Gasteiger partial charge in [0.1, 0.15) is 5.82 Å². The molecule has 1 atom stereocenters. The van der Waals surface area contributed by atoms with E-state index in [4.69, 9.17) is 4.99 Å². The fourth-order valence-corrected chi connectivity index (χ4v) is 2.76. The van der Waals surface area contributed by atoms with Gasteiger partial charge in [-0.15, -0.1) is 5.10 Å². The molecule has 0 fully saturated rings. The maximum Gasteiger partial charge on any atom is 0.211 e. The fraction of sp³-hybridized carbons (Fsp3) is 0.250. The van der Waals surface area contributed by atoms with Gasteiger partial charge in [0.25, 0.3) is 0 Å². The zero-order valence-corrected chi connectivity index (χ0v) is 13.4. The largest absolute Gasteiger partial charge is 0.343 e. The smallest absolute Gasteiger partial charge is 0.211 e. The van der Waals surface area contributed by atoms with Crippen molar-refractivity contribution in [1.29, 1.82) is 0 Å². The summed E-state index contributed by atoms with van der Waals surface area (Å²) in [5.74, 6) is 0.0213. The second-order valence-corrected chi connectivity index (χ2v) is 5.67. The second kappa shape index (κ2) is 6.73. The van der Waals surface area contributed by atoms with Crippen molar-refractivity contribution in [3.8, 4) is 0 Å². The molecule has 0 amide bonds. The second-order valence-electron chi connectivity index (χ2n) is 5.67. The first-order valence-corrected chi connectivity index (χ1v) is 8.01. The summed E-state index contributed by atoms with van der Waals surface area (Å²) in [5.41, 5.74) is 2.92. The maximum atomic E-state index is 4.76. The van der Waals surface area contributed by atoms with Crippen molar-refractivity contribution in [2.24, 2.45) is 4.99 Å². The minimum atomic E-state index is -0.751. The molecule has 3 aromatic heterocycles. The highest BCUT2D eigenvalue weighted by Gasteiger charge is 2.33. The summed E-state index contributed by atoms with van der Waals surface area (Å²) in [6, 6.07) is 5.82. The molecule has 9 nitrogen and oxygen atoms in total. The minimum Gasteiger partial charge on any atom is -0.343 e. The first-order valence-electron chi connectivity index (χ1n) is 8.01. The molecule has 25 heavy (non-hydrogen) atoms. The highest BCUT2D eigenvalue weighted by atomic mass is 15.5. The highest BCUT2D eigenvalue weighted by molar-refractivity contribution is 5.89. The topological polar surface area (TPSA) is 117 Å². The molecule has 4 heterocycles. The van der Waals surface area contributed by atoms with Crippen molar-refractivity contribution >= 4 is 11.9 Å². The van der Waals surface area contributed by atoms with E-state index in [1.807, 2.05) is 24.4 Å². The van der Waals surface area contributed by atoms with Crippen LogP contribution in [0.15, 0.2) is 48.0 Å². The Kier molecular flexibility index (Phi) is 4.13. The third-order valence-corrected chi connectivity index (χ3v) is 4.03. The van der Waals surface area contributed by atoms with Crippen molar-refractivity contribution < 1.29 is 0 Å². The van der Waals surface area contributed by atoms with E-state index in [9.17, 15) is 0 Å². The molecule has 1 unspecified atom stereocenters. The molecule has 3 aromatic rings. The number of pyridine rings is 2. The number of aromatic nitrogens is 6. The van der Waals surface area contributed by atoms with Gasteiger partial charge in [-0.25, -0.2) is 10.1 Å². The summed E-state index contributed by atoms with van der Waals surface area (Å²) in [7, 11) is 0.